The number of rotatable bonds is 2. The van der Waals surface area contributed by atoms with E-state index >= 15 is 0 Å². The van der Waals surface area contributed by atoms with E-state index in [9.17, 15) is 0 Å². The molecule has 0 aliphatic heterocycles. The molecule has 2 nitrogen and oxygen atoms in total. The summed E-state index contributed by atoms with van der Waals surface area (Å²) in [4.78, 5) is 0. The second-order valence-electron chi connectivity index (χ2n) is 4.56. The second-order valence-corrected chi connectivity index (χ2v) is 5.42. The monoisotopic (exact) mass is 305 g/mol. The minimum Gasteiger partial charge on any atom is -0.456 e. The van der Waals surface area contributed by atoms with E-state index in [2.05, 4.69) is 35.8 Å². The average molecular weight is 306 g/mol. The van der Waals surface area contributed by atoms with Crippen molar-refractivity contribution < 1.29 is 4.74 Å². The van der Waals surface area contributed by atoms with Gasteiger partial charge in [-0.15, -0.1) is 0 Å². The maximum atomic E-state index is 5.90. The third-order valence-corrected chi connectivity index (χ3v) is 3.36. The van der Waals surface area contributed by atoms with E-state index in [4.69, 9.17) is 10.5 Å². The molecule has 2 rings (SSSR count). The molecule has 2 aromatic rings. The Labute approximate surface area is 116 Å². The Morgan fingerprint density at radius 2 is 1.56 bits per heavy atom. The van der Waals surface area contributed by atoms with E-state index in [0.29, 0.717) is 0 Å². The predicted octanol–water partition coefficient (Wildman–Crippen LogP) is 4.75. The molecule has 0 radical (unpaired) electrons. The zero-order chi connectivity index (χ0) is 13.3. The summed E-state index contributed by atoms with van der Waals surface area (Å²) < 4.78 is 6.77. The number of halogens is 1. The zero-order valence-corrected chi connectivity index (χ0v) is 12.3. The number of nitrogens with two attached hydrogens (primary N) is 1. The fraction of sp³-hybridized carbons (Fsp3) is 0.200. The van der Waals surface area contributed by atoms with Crippen molar-refractivity contribution in [2.24, 2.45) is 0 Å². The van der Waals surface area contributed by atoms with Gasteiger partial charge in [-0.1, -0.05) is 6.07 Å². The Balaban J connectivity index is 2.36. The van der Waals surface area contributed by atoms with Crippen LogP contribution < -0.4 is 10.5 Å². The third kappa shape index (κ3) is 2.85. The summed E-state index contributed by atoms with van der Waals surface area (Å²) >= 11 is 3.47. The van der Waals surface area contributed by atoms with E-state index in [1.54, 1.807) is 0 Å². The topological polar surface area (TPSA) is 35.2 Å². The molecule has 0 spiro atoms. The highest BCUT2D eigenvalue weighted by Gasteiger charge is 2.06. The van der Waals surface area contributed by atoms with Crippen molar-refractivity contribution in [3.63, 3.8) is 0 Å². The summed E-state index contributed by atoms with van der Waals surface area (Å²) in [5.74, 6) is 1.63. The van der Waals surface area contributed by atoms with E-state index in [1.165, 1.54) is 11.1 Å². The molecule has 0 atom stereocenters. The first-order valence-corrected chi connectivity index (χ1v) is 6.57. The number of hydrogen-bond donors (Lipinski definition) is 1. The van der Waals surface area contributed by atoms with Crippen molar-refractivity contribution in [2.75, 3.05) is 5.73 Å². The fourth-order valence-electron chi connectivity index (χ4n) is 1.87. The molecule has 3 heteroatoms. The summed E-state index contributed by atoms with van der Waals surface area (Å²) in [5, 5.41) is 0. The molecule has 0 aromatic heterocycles. The van der Waals surface area contributed by atoms with Gasteiger partial charge in [0.15, 0.2) is 0 Å². The molecule has 94 valence electrons. The largest absolute Gasteiger partial charge is 0.456 e. The van der Waals surface area contributed by atoms with Gasteiger partial charge in [-0.25, -0.2) is 0 Å². The number of aryl methyl sites for hydroxylation is 3. The first-order valence-electron chi connectivity index (χ1n) is 5.77. The van der Waals surface area contributed by atoms with Gasteiger partial charge in [0.05, 0.1) is 4.47 Å². The van der Waals surface area contributed by atoms with Crippen molar-refractivity contribution >= 4 is 21.6 Å². The molecule has 2 N–H and O–H groups in total. The highest BCUT2D eigenvalue weighted by Crippen LogP contribution is 2.33. The highest BCUT2D eigenvalue weighted by atomic mass is 79.9. The summed E-state index contributed by atoms with van der Waals surface area (Å²) in [6.45, 7) is 6.09. The Hall–Kier alpha value is -1.48. The van der Waals surface area contributed by atoms with Crippen LogP contribution in [0.3, 0.4) is 0 Å². The lowest BCUT2D eigenvalue weighted by atomic mass is 10.1. The SMILES string of the molecule is Cc1cc(C)cc(Oc2cc(C)c(N)cc2Br)c1. The minimum atomic E-state index is 0.759. The average Bonchev–Trinajstić information content (AvgIpc) is 2.24. The van der Waals surface area contributed by atoms with Gasteiger partial charge >= 0.3 is 0 Å². The molecule has 0 bridgehead atoms. The van der Waals surface area contributed by atoms with Gasteiger partial charge < -0.3 is 10.5 Å². The fourth-order valence-corrected chi connectivity index (χ4v) is 2.31. The second kappa shape index (κ2) is 5.02. The molecule has 0 aliphatic rings. The molecule has 0 saturated carbocycles. The predicted molar refractivity (Wildman–Crippen MR) is 79.3 cm³/mol. The minimum absolute atomic E-state index is 0.759. The summed E-state index contributed by atoms with van der Waals surface area (Å²) in [6.07, 6.45) is 0. The molecule has 2 aromatic carbocycles. The van der Waals surface area contributed by atoms with E-state index in [1.807, 2.05) is 31.2 Å². The Kier molecular flexibility index (Phi) is 3.62. The van der Waals surface area contributed by atoms with Gasteiger partial charge in [-0.2, -0.15) is 0 Å². The molecular weight excluding hydrogens is 290 g/mol. The van der Waals surface area contributed by atoms with Gasteiger partial charge in [0.25, 0.3) is 0 Å². The van der Waals surface area contributed by atoms with Gasteiger partial charge in [-0.3, -0.25) is 0 Å². The van der Waals surface area contributed by atoms with Gasteiger partial charge in [0.1, 0.15) is 11.5 Å². The zero-order valence-electron chi connectivity index (χ0n) is 10.8. The number of nitrogen functional groups attached to an aromatic ring is 1. The lowest BCUT2D eigenvalue weighted by molar-refractivity contribution is 0.478. The smallest absolute Gasteiger partial charge is 0.142 e. The van der Waals surface area contributed by atoms with Crippen LogP contribution in [0.5, 0.6) is 11.5 Å². The Morgan fingerprint density at radius 1 is 0.944 bits per heavy atom. The molecule has 0 amide bonds. The van der Waals surface area contributed by atoms with Gasteiger partial charge in [0.2, 0.25) is 0 Å². The summed E-state index contributed by atoms with van der Waals surface area (Å²) in [5.41, 5.74) is 9.99. The van der Waals surface area contributed by atoms with Crippen LogP contribution in [0.1, 0.15) is 16.7 Å². The van der Waals surface area contributed by atoms with E-state index in [0.717, 1.165) is 27.2 Å². The Morgan fingerprint density at radius 3 is 2.17 bits per heavy atom. The maximum Gasteiger partial charge on any atom is 0.142 e. The Bertz CT molecular complexity index is 573. The number of ether oxygens (including phenoxy) is 1. The van der Waals surface area contributed by atoms with Crippen molar-refractivity contribution in [1.29, 1.82) is 0 Å². The van der Waals surface area contributed by atoms with Crippen molar-refractivity contribution in [2.45, 2.75) is 20.8 Å². The molecule has 0 aliphatic carbocycles. The van der Waals surface area contributed by atoms with Crippen LogP contribution in [0, 0.1) is 20.8 Å². The summed E-state index contributed by atoms with van der Waals surface area (Å²) in [7, 11) is 0. The molecular formula is C15H16BrNO. The van der Waals surface area contributed by atoms with Crippen molar-refractivity contribution in [1.82, 2.24) is 0 Å². The van der Waals surface area contributed by atoms with Crippen LogP contribution in [0.25, 0.3) is 0 Å². The molecule has 0 unspecified atom stereocenters. The standard InChI is InChI=1S/C15H16BrNO/c1-9-4-10(2)6-12(5-9)18-15-7-11(3)14(17)8-13(15)16/h4-8H,17H2,1-3H3. The molecule has 0 saturated heterocycles. The van der Waals surface area contributed by atoms with Crippen molar-refractivity contribution in [3.8, 4) is 11.5 Å². The van der Waals surface area contributed by atoms with Gasteiger partial charge in [-0.05, 0) is 77.7 Å². The van der Waals surface area contributed by atoms with Crippen LogP contribution in [0.15, 0.2) is 34.8 Å². The first kappa shape index (κ1) is 13.0. The number of hydrogen-bond acceptors (Lipinski definition) is 2. The normalized spacial score (nSPS) is 10.4. The maximum absolute atomic E-state index is 5.90. The lowest BCUT2D eigenvalue weighted by Crippen LogP contribution is -1.93. The van der Waals surface area contributed by atoms with Gasteiger partial charge in [0, 0.05) is 5.69 Å². The first-order chi connectivity index (χ1) is 8.45. The van der Waals surface area contributed by atoms with Crippen LogP contribution in [0.2, 0.25) is 0 Å². The lowest BCUT2D eigenvalue weighted by Gasteiger charge is -2.11. The van der Waals surface area contributed by atoms with E-state index < -0.39 is 0 Å². The summed E-state index contributed by atoms with van der Waals surface area (Å²) in [6, 6.07) is 9.97. The van der Waals surface area contributed by atoms with Crippen LogP contribution in [-0.2, 0) is 0 Å². The molecule has 0 fully saturated rings. The quantitative estimate of drug-likeness (QED) is 0.813. The molecule has 0 heterocycles. The number of anilines is 1. The third-order valence-electron chi connectivity index (χ3n) is 2.74. The van der Waals surface area contributed by atoms with Crippen LogP contribution in [0.4, 0.5) is 5.69 Å². The van der Waals surface area contributed by atoms with Crippen LogP contribution >= 0.6 is 15.9 Å². The van der Waals surface area contributed by atoms with E-state index in [-0.39, 0.29) is 0 Å². The van der Waals surface area contributed by atoms with Crippen LogP contribution in [-0.4, -0.2) is 0 Å². The van der Waals surface area contributed by atoms with Crippen molar-refractivity contribution in [3.05, 3.63) is 51.5 Å². The highest BCUT2D eigenvalue weighted by molar-refractivity contribution is 9.10. The molecule has 18 heavy (non-hydrogen) atoms. The number of benzene rings is 2.